The molecule has 4 nitrogen and oxygen atoms in total. The Balaban J connectivity index is 1.53. The first-order chi connectivity index (χ1) is 14.0. The van der Waals surface area contributed by atoms with Crippen molar-refractivity contribution >= 4 is 0 Å². The zero-order valence-electron chi connectivity index (χ0n) is 19.8. The lowest BCUT2D eigenvalue weighted by atomic mass is 9.99. The number of rotatable bonds is 16. The number of hydrogen-bond acceptors (Lipinski definition) is 4. The van der Waals surface area contributed by atoms with E-state index in [1.807, 2.05) is 13.8 Å². The van der Waals surface area contributed by atoms with E-state index in [0.717, 1.165) is 13.0 Å². The number of ether oxygens (including phenoxy) is 2. The summed E-state index contributed by atoms with van der Waals surface area (Å²) in [7, 11) is 0. The van der Waals surface area contributed by atoms with Crippen molar-refractivity contribution in [3.63, 3.8) is 0 Å². The fraction of sp³-hybridized carbons (Fsp3) is 1.00. The molecule has 0 aliphatic carbocycles. The van der Waals surface area contributed by atoms with Crippen molar-refractivity contribution in [2.45, 2.75) is 141 Å². The predicted octanol–water partition coefficient (Wildman–Crippen LogP) is 6.02. The molecule has 29 heavy (non-hydrogen) atoms. The minimum Gasteiger partial charge on any atom is -0.345 e. The van der Waals surface area contributed by atoms with Gasteiger partial charge in [-0.1, -0.05) is 84.0 Å². The maximum Gasteiger partial charge on any atom is 0.163 e. The molecule has 2 fully saturated rings. The third-order valence-corrected chi connectivity index (χ3v) is 6.65. The molecule has 0 spiro atoms. The summed E-state index contributed by atoms with van der Waals surface area (Å²) in [5.74, 6) is -0.491. The Labute approximate surface area is 181 Å². The van der Waals surface area contributed by atoms with Gasteiger partial charge in [-0.3, -0.25) is 0 Å². The van der Waals surface area contributed by atoms with Gasteiger partial charge in [0.05, 0.1) is 6.10 Å². The van der Waals surface area contributed by atoms with Crippen molar-refractivity contribution in [1.82, 2.24) is 4.90 Å². The fourth-order valence-corrected chi connectivity index (χ4v) is 5.00. The van der Waals surface area contributed by atoms with Crippen LogP contribution in [0.25, 0.3) is 0 Å². The van der Waals surface area contributed by atoms with E-state index in [2.05, 4.69) is 11.8 Å². The lowest BCUT2D eigenvalue weighted by Gasteiger charge is -2.27. The summed E-state index contributed by atoms with van der Waals surface area (Å²) in [6, 6.07) is 0.0530. The van der Waals surface area contributed by atoms with Crippen molar-refractivity contribution in [2.75, 3.05) is 19.6 Å². The van der Waals surface area contributed by atoms with E-state index in [4.69, 9.17) is 15.2 Å². The van der Waals surface area contributed by atoms with Crippen LogP contribution < -0.4 is 5.73 Å². The molecule has 0 bridgehead atoms. The average molecular weight is 411 g/mol. The maximum atomic E-state index is 6.56. The Hall–Kier alpha value is -0.160. The minimum atomic E-state index is -0.491. The molecule has 2 heterocycles. The van der Waals surface area contributed by atoms with Gasteiger partial charge in [0.15, 0.2) is 5.79 Å². The van der Waals surface area contributed by atoms with Gasteiger partial charge < -0.3 is 20.1 Å². The number of hydrogen-bond donors (Lipinski definition) is 1. The van der Waals surface area contributed by atoms with Crippen molar-refractivity contribution in [3.05, 3.63) is 0 Å². The molecule has 0 aromatic rings. The van der Waals surface area contributed by atoms with Crippen molar-refractivity contribution in [1.29, 1.82) is 0 Å². The van der Waals surface area contributed by atoms with E-state index in [-0.39, 0.29) is 18.2 Å². The van der Waals surface area contributed by atoms with Crippen molar-refractivity contribution < 1.29 is 9.47 Å². The summed E-state index contributed by atoms with van der Waals surface area (Å²) in [6.07, 6.45) is 20.5. The van der Waals surface area contributed by atoms with Crippen LogP contribution in [0.4, 0.5) is 0 Å². The maximum absolute atomic E-state index is 6.56. The van der Waals surface area contributed by atoms with Gasteiger partial charge in [0.1, 0.15) is 6.10 Å². The number of nitrogens with two attached hydrogens (primary N) is 1. The molecule has 172 valence electrons. The molecule has 0 saturated carbocycles. The smallest absolute Gasteiger partial charge is 0.163 e. The second kappa shape index (κ2) is 14.0. The second-order valence-corrected chi connectivity index (χ2v) is 9.99. The summed E-state index contributed by atoms with van der Waals surface area (Å²) < 4.78 is 12.4. The molecule has 3 atom stereocenters. The normalized spacial score (nSPS) is 25.7. The molecular weight excluding hydrogens is 360 g/mol. The first kappa shape index (κ1) is 25.1. The van der Waals surface area contributed by atoms with Crippen LogP contribution in [-0.2, 0) is 9.47 Å². The van der Waals surface area contributed by atoms with Crippen molar-refractivity contribution in [3.8, 4) is 0 Å². The zero-order chi connectivity index (χ0) is 21.0. The molecule has 2 aliphatic rings. The molecule has 0 aromatic heterocycles. The number of unbranched alkanes of at least 4 members (excludes halogenated alkanes) is 11. The van der Waals surface area contributed by atoms with Gasteiger partial charge in [-0.05, 0) is 46.2 Å². The van der Waals surface area contributed by atoms with Gasteiger partial charge in [-0.2, -0.15) is 0 Å². The second-order valence-electron chi connectivity index (χ2n) is 9.99. The van der Waals surface area contributed by atoms with Crippen LogP contribution in [0.2, 0.25) is 0 Å². The Bertz CT molecular complexity index is 410. The molecule has 2 N–H and O–H groups in total. The predicted molar refractivity (Wildman–Crippen MR) is 123 cm³/mol. The summed E-state index contributed by atoms with van der Waals surface area (Å²) in [5.41, 5.74) is 6.56. The van der Waals surface area contributed by atoms with Crippen LogP contribution in [0.5, 0.6) is 0 Å². The molecule has 0 radical (unpaired) electrons. The summed E-state index contributed by atoms with van der Waals surface area (Å²) >= 11 is 0. The van der Waals surface area contributed by atoms with E-state index in [1.165, 1.54) is 103 Å². The average Bonchev–Trinajstić information content (AvgIpc) is 3.29. The van der Waals surface area contributed by atoms with Gasteiger partial charge in [0, 0.05) is 12.6 Å². The van der Waals surface area contributed by atoms with Crippen LogP contribution in [0.1, 0.15) is 117 Å². The van der Waals surface area contributed by atoms with E-state index in [1.54, 1.807) is 0 Å². The van der Waals surface area contributed by atoms with Gasteiger partial charge in [0.2, 0.25) is 0 Å². The van der Waals surface area contributed by atoms with Gasteiger partial charge in [0.25, 0.3) is 0 Å². The topological polar surface area (TPSA) is 47.7 Å². The first-order valence-corrected chi connectivity index (χ1v) is 12.9. The number of likely N-dealkylation sites (tertiary alicyclic amines) is 1. The summed E-state index contributed by atoms with van der Waals surface area (Å²) in [5, 5.41) is 0. The van der Waals surface area contributed by atoms with E-state index in [9.17, 15) is 0 Å². The zero-order valence-corrected chi connectivity index (χ0v) is 19.8. The highest BCUT2D eigenvalue weighted by Gasteiger charge is 2.44. The van der Waals surface area contributed by atoms with E-state index < -0.39 is 5.79 Å². The lowest BCUT2D eigenvalue weighted by molar-refractivity contribution is -0.148. The highest BCUT2D eigenvalue weighted by molar-refractivity contribution is 4.90. The molecule has 0 amide bonds. The Morgan fingerprint density at radius 3 is 1.90 bits per heavy atom. The molecule has 0 aromatic carbocycles. The van der Waals surface area contributed by atoms with Crippen LogP contribution in [0.15, 0.2) is 0 Å². The lowest BCUT2D eigenvalue weighted by Crippen LogP contribution is -2.48. The van der Waals surface area contributed by atoms with Gasteiger partial charge >= 0.3 is 0 Å². The third kappa shape index (κ3) is 10.1. The highest BCUT2D eigenvalue weighted by Crippen LogP contribution is 2.32. The molecule has 2 rings (SSSR count). The molecule has 4 heteroatoms. The Kier molecular flexibility index (Phi) is 12.1. The van der Waals surface area contributed by atoms with Crippen LogP contribution in [0, 0.1) is 0 Å². The molecule has 0 unspecified atom stereocenters. The molecule has 2 aliphatic heterocycles. The molecule has 2 saturated heterocycles. The van der Waals surface area contributed by atoms with E-state index >= 15 is 0 Å². The fourth-order valence-electron chi connectivity index (χ4n) is 5.00. The monoisotopic (exact) mass is 410 g/mol. The Morgan fingerprint density at radius 2 is 1.34 bits per heavy atom. The number of nitrogens with zero attached hydrogens (tertiary/aromatic N) is 1. The van der Waals surface area contributed by atoms with Gasteiger partial charge in [-0.15, -0.1) is 0 Å². The van der Waals surface area contributed by atoms with Crippen molar-refractivity contribution in [2.24, 2.45) is 5.73 Å². The summed E-state index contributed by atoms with van der Waals surface area (Å²) in [6.45, 7) is 9.67. The quantitative estimate of drug-likeness (QED) is 0.316. The standard InChI is InChI=1S/C25H50N2O2/c1-4-5-6-7-8-9-10-11-12-13-14-15-18-23-24(29-25(2,3)28-23)22(26)21-27-19-16-17-20-27/h22-24H,4-21,26H2,1-3H3/t22-,23+,24-/m0/s1. The highest BCUT2D eigenvalue weighted by atomic mass is 16.8. The van der Waals surface area contributed by atoms with Crippen LogP contribution in [-0.4, -0.2) is 48.6 Å². The molecular formula is C25H50N2O2. The Morgan fingerprint density at radius 1 is 0.828 bits per heavy atom. The van der Waals surface area contributed by atoms with Crippen LogP contribution in [0.3, 0.4) is 0 Å². The SMILES string of the molecule is CCCCCCCCCCCCCC[C@H]1OC(C)(C)O[C@H]1[C@@H](N)CN1CCCC1. The van der Waals surface area contributed by atoms with Crippen LogP contribution >= 0.6 is 0 Å². The minimum absolute atomic E-state index is 0.0401. The summed E-state index contributed by atoms with van der Waals surface area (Å²) in [4.78, 5) is 2.49. The van der Waals surface area contributed by atoms with E-state index in [0.29, 0.717) is 0 Å². The van der Waals surface area contributed by atoms with Gasteiger partial charge in [-0.25, -0.2) is 0 Å². The largest absolute Gasteiger partial charge is 0.345 e. The third-order valence-electron chi connectivity index (χ3n) is 6.65. The first-order valence-electron chi connectivity index (χ1n) is 12.9.